The Hall–Kier alpha value is -3.35. The Morgan fingerprint density at radius 3 is 2.76 bits per heavy atom. The molecule has 0 radical (unpaired) electrons. The van der Waals surface area contributed by atoms with Crippen LogP contribution in [0.15, 0.2) is 53.1 Å². The Morgan fingerprint density at radius 1 is 1.21 bits per heavy atom. The number of carbonyl (C=O) groups excluding carboxylic acids is 1. The van der Waals surface area contributed by atoms with Crippen LogP contribution < -0.4 is 9.47 Å². The first-order valence-corrected chi connectivity index (χ1v) is 9.61. The van der Waals surface area contributed by atoms with Gasteiger partial charge in [-0.25, -0.2) is 0 Å². The Balaban J connectivity index is 1.42. The topological polar surface area (TPSA) is 77.7 Å². The normalized spacial score (nSPS) is 16.1. The monoisotopic (exact) mass is 393 g/mol. The van der Waals surface area contributed by atoms with Crippen molar-refractivity contribution in [1.29, 1.82) is 0 Å². The zero-order valence-electron chi connectivity index (χ0n) is 16.5. The van der Waals surface area contributed by atoms with Crippen molar-refractivity contribution in [2.24, 2.45) is 0 Å². The third kappa shape index (κ3) is 4.23. The van der Waals surface area contributed by atoms with Gasteiger partial charge in [-0.05, 0) is 50.1 Å². The van der Waals surface area contributed by atoms with Crippen molar-refractivity contribution in [1.82, 2.24) is 15.0 Å². The molecular formula is C22H23N3O4. The minimum Gasteiger partial charge on any atom is -0.497 e. The van der Waals surface area contributed by atoms with Crippen LogP contribution in [0.2, 0.25) is 0 Å². The molecule has 1 amide bonds. The zero-order chi connectivity index (χ0) is 20.2. The summed E-state index contributed by atoms with van der Waals surface area (Å²) in [5, 5.41) is 4.11. The first-order valence-electron chi connectivity index (χ1n) is 9.61. The van der Waals surface area contributed by atoms with Crippen LogP contribution in [0.4, 0.5) is 0 Å². The highest BCUT2D eigenvalue weighted by Gasteiger charge is 2.34. The SMILES string of the molecule is COc1ccc(OCC(=O)N2CCCC2c2nc(-c3cccc(C)c3)no2)cc1. The summed E-state index contributed by atoms with van der Waals surface area (Å²) in [4.78, 5) is 19.0. The van der Waals surface area contributed by atoms with Crippen molar-refractivity contribution in [2.45, 2.75) is 25.8 Å². The third-order valence-electron chi connectivity index (χ3n) is 5.00. The van der Waals surface area contributed by atoms with E-state index in [-0.39, 0.29) is 18.6 Å². The van der Waals surface area contributed by atoms with Gasteiger partial charge in [0.2, 0.25) is 11.7 Å². The van der Waals surface area contributed by atoms with Gasteiger partial charge in [0.25, 0.3) is 5.91 Å². The molecule has 3 aromatic rings. The van der Waals surface area contributed by atoms with Crippen molar-refractivity contribution < 1.29 is 18.8 Å². The maximum atomic E-state index is 12.7. The molecular weight excluding hydrogens is 370 g/mol. The minimum atomic E-state index is -0.215. The molecule has 1 saturated heterocycles. The quantitative estimate of drug-likeness (QED) is 0.634. The van der Waals surface area contributed by atoms with Gasteiger partial charge in [-0.1, -0.05) is 28.9 Å². The smallest absolute Gasteiger partial charge is 0.261 e. The standard InChI is InChI=1S/C22H23N3O4/c1-15-5-3-6-16(13-15)21-23-22(29-24-21)19-7-4-12-25(19)20(26)14-28-18-10-8-17(27-2)9-11-18/h3,5-6,8-11,13,19H,4,7,12,14H2,1-2H3. The van der Waals surface area contributed by atoms with Crippen molar-refractivity contribution in [3.05, 3.63) is 60.0 Å². The predicted molar refractivity (Wildman–Crippen MR) is 107 cm³/mol. The summed E-state index contributed by atoms with van der Waals surface area (Å²) in [6.45, 7) is 2.63. The number of methoxy groups -OCH3 is 1. The number of carbonyl (C=O) groups is 1. The Labute approximate surface area is 169 Å². The fourth-order valence-corrected chi connectivity index (χ4v) is 3.49. The summed E-state index contributed by atoms with van der Waals surface area (Å²) in [6.07, 6.45) is 1.69. The van der Waals surface area contributed by atoms with Crippen LogP contribution in [0.25, 0.3) is 11.4 Å². The molecule has 0 bridgehead atoms. The van der Waals surface area contributed by atoms with E-state index < -0.39 is 0 Å². The zero-order valence-corrected chi connectivity index (χ0v) is 16.5. The molecule has 0 aliphatic carbocycles. The number of rotatable bonds is 6. The highest BCUT2D eigenvalue weighted by Crippen LogP contribution is 2.32. The Kier molecular flexibility index (Phi) is 5.46. The third-order valence-corrected chi connectivity index (χ3v) is 5.00. The van der Waals surface area contributed by atoms with E-state index in [4.69, 9.17) is 14.0 Å². The maximum absolute atomic E-state index is 12.7. The summed E-state index contributed by atoms with van der Waals surface area (Å²) in [5.74, 6) is 2.27. The van der Waals surface area contributed by atoms with Gasteiger partial charge in [-0.15, -0.1) is 0 Å². The Morgan fingerprint density at radius 2 is 2.00 bits per heavy atom. The van der Waals surface area contributed by atoms with E-state index in [1.54, 1.807) is 36.3 Å². The first kappa shape index (κ1) is 19.0. The molecule has 0 N–H and O–H groups in total. The molecule has 1 atom stereocenters. The predicted octanol–water partition coefficient (Wildman–Crippen LogP) is 3.80. The van der Waals surface area contributed by atoms with Gasteiger partial charge in [-0.2, -0.15) is 4.98 Å². The van der Waals surface area contributed by atoms with E-state index in [1.807, 2.05) is 31.2 Å². The van der Waals surface area contributed by atoms with Crippen LogP contribution in [0, 0.1) is 6.92 Å². The summed E-state index contributed by atoms with van der Waals surface area (Å²) in [6, 6.07) is 14.9. The lowest BCUT2D eigenvalue weighted by Gasteiger charge is -2.21. The lowest BCUT2D eigenvalue weighted by Crippen LogP contribution is -2.34. The number of aryl methyl sites for hydroxylation is 1. The van der Waals surface area contributed by atoms with E-state index in [1.165, 1.54) is 0 Å². The lowest BCUT2D eigenvalue weighted by molar-refractivity contribution is -0.134. The molecule has 1 aromatic heterocycles. The molecule has 2 aromatic carbocycles. The van der Waals surface area contributed by atoms with E-state index in [0.717, 1.165) is 29.7 Å². The molecule has 7 nitrogen and oxygen atoms in total. The van der Waals surface area contributed by atoms with Crippen LogP contribution in [0.5, 0.6) is 11.5 Å². The van der Waals surface area contributed by atoms with Gasteiger partial charge in [-0.3, -0.25) is 4.79 Å². The van der Waals surface area contributed by atoms with Gasteiger partial charge in [0.05, 0.1) is 7.11 Å². The van der Waals surface area contributed by atoms with E-state index in [2.05, 4.69) is 10.1 Å². The molecule has 1 unspecified atom stereocenters. The molecule has 4 rings (SSSR count). The molecule has 0 spiro atoms. The summed E-state index contributed by atoms with van der Waals surface area (Å²) in [7, 11) is 1.61. The number of hydrogen-bond acceptors (Lipinski definition) is 6. The number of aromatic nitrogens is 2. The average molecular weight is 393 g/mol. The number of ether oxygens (including phenoxy) is 2. The van der Waals surface area contributed by atoms with Crippen LogP contribution in [-0.2, 0) is 4.79 Å². The number of likely N-dealkylation sites (tertiary alicyclic amines) is 1. The average Bonchev–Trinajstić information content (AvgIpc) is 3.42. The number of amides is 1. The fourth-order valence-electron chi connectivity index (χ4n) is 3.49. The second-order valence-corrected chi connectivity index (χ2v) is 7.04. The van der Waals surface area contributed by atoms with Crippen molar-refractivity contribution in [3.8, 4) is 22.9 Å². The first-order chi connectivity index (χ1) is 14.1. The molecule has 2 heterocycles. The van der Waals surface area contributed by atoms with Crippen LogP contribution in [0.3, 0.4) is 0 Å². The summed E-state index contributed by atoms with van der Waals surface area (Å²) < 4.78 is 16.3. The van der Waals surface area contributed by atoms with E-state index in [0.29, 0.717) is 24.0 Å². The van der Waals surface area contributed by atoms with Crippen LogP contribution >= 0.6 is 0 Å². The fraction of sp³-hybridized carbons (Fsp3) is 0.318. The van der Waals surface area contributed by atoms with Gasteiger partial charge >= 0.3 is 0 Å². The molecule has 1 aliphatic rings. The van der Waals surface area contributed by atoms with Crippen molar-refractivity contribution >= 4 is 5.91 Å². The van der Waals surface area contributed by atoms with Crippen LogP contribution in [-0.4, -0.2) is 41.2 Å². The van der Waals surface area contributed by atoms with Crippen molar-refractivity contribution in [2.75, 3.05) is 20.3 Å². The number of nitrogens with zero attached hydrogens (tertiary/aromatic N) is 3. The van der Waals surface area contributed by atoms with E-state index in [9.17, 15) is 4.79 Å². The highest BCUT2D eigenvalue weighted by atomic mass is 16.5. The number of hydrogen-bond donors (Lipinski definition) is 0. The lowest BCUT2D eigenvalue weighted by atomic mass is 10.1. The number of benzene rings is 2. The minimum absolute atomic E-state index is 0.0400. The van der Waals surface area contributed by atoms with E-state index >= 15 is 0 Å². The Bertz CT molecular complexity index is 984. The largest absolute Gasteiger partial charge is 0.497 e. The van der Waals surface area contributed by atoms with Gasteiger partial charge in [0.1, 0.15) is 17.5 Å². The molecule has 7 heteroatoms. The molecule has 29 heavy (non-hydrogen) atoms. The van der Waals surface area contributed by atoms with Gasteiger partial charge < -0.3 is 18.9 Å². The maximum Gasteiger partial charge on any atom is 0.261 e. The van der Waals surface area contributed by atoms with Crippen LogP contribution in [0.1, 0.15) is 30.3 Å². The highest BCUT2D eigenvalue weighted by molar-refractivity contribution is 5.78. The molecule has 1 aliphatic heterocycles. The molecule has 1 fully saturated rings. The second kappa shape index (κ2) is 8.34. The summed E-state index contributed by atoms with van der Waals surface area (Å²) >= 11 is 0. The summed E-state index contributed by atoms with van der Waals surface area (Å²) in [5.41, 5.74) is 2.03. The molecule has 0 saturated carbocycles. The van der Waals surface area contributed by atoms with Gasteiger partial charge in [0.15, 0.2) is 6.61 Å². The van der Waals surface area contributed by atoms with Gasteiger partial charge in [0, 0.05) is 12.1 Å². The van der Waals surface area contributed by atoms with Crippen molar-refractivity contribution in [3.63, 3.8) is 0 Å². The second-order valence-electron chi connectivity index (χ2n) is 7.04. The molecule has 150 valence electrons.